The number of carbonyl (C=O) groups excluding carboxylic acids is 1. The van der Waals surface area contributed by atoms with E-state index in [-0.39, 0.29) is 12.0 Å². The van der Waals surface area contributed by atoms with Crippen LogP contribution in [0, 0.1) is 0 Å². The van der Waals surface area contributed by atoms with Crippen LogP contribution in [0.4, 0.5) is 0 Å². The molecule has 1 saturated heterocycles. The molecule has 86 valence electrons. The molecule has 2 rings (SSSR count). The van der Waals surface area contributed by atoms with Crippen molar-refractivity contribution in [2.75, 3.05) is 13.2 Å². The third-order valence-corrected chi connectivity index (χ3v) is 2.70. The van der Waals surface area contributed by atoms with Gasteiger partial charge < -0.3 is 10.1 Å². The van der Waals surface area contributed by atoms with E-state index in [0.29, 0.717) is 17.3 Å². The minimum Gasteiger partial charge on any atom is -0.376 e. The molecule has 0 bridgehead atoms. The Labute approximate surface area is 99.0 Å². The quantitative estimate of drug-likeness (QED) is 0.874. The summed E-state index contributed by atoms with van der Waals surface area (Å²) in [6.45, 7) is 1.32. The summed E-state index contributed by atoms with van der Waals surface area (Å²) >= 11 is 5.77. The summed E-state index contributed by atoms with van der Waals surface area (Å²) in [6.07, 6.45) is 3.73. The van der Waals surface area contributed by atoms with Gasteiger partial charge in [0.25, 0.3) is 5.91 Å². The molecular weight excluding hydrogens is 228 g/mol. The number of halogens is 1. The molecule has 1 fully saturated rings. The van der Waals surface area contributed by atoms with E-state index in [4.69, 9.17) is 16.3 Å². The van der Waals surface area contributed by atoms with E-state index in [1.165, 1.54) is 6.20 Å². The summed E-state index contributed by atoms with van der Waals surface area (Å²) in [4.78, 5) is 15.6. The van der Waals surface area contributed by atoms with Crippen molar-refractivity contribution in [3.63, 3.8) is 0 Å². The van der Waals surface area contributed by atoms with Crippen molar-refractivity contribution in [3.8, 4) is 0 Å². The fourth-order valence-corrected chi connectivity index (χ4v) is 1.79. The fourth-order valence-electron chi connectivity index (χ4n) is 1.63. The van der Waals surface area contributed by atoms with Crippen molar-refractivity contribution in [2.45, 2.75) is 18.9 Å². The van der Waals surface area contributed by atoms with Crippen LogP contribution in [0.2, 0.25) is 5.02 Å². The van der Waals surface area contributed by atoms with Crippen molar-refractivity contribution < 1.29 is 9.53 Å². The van der Waals surface area contributed by atoms with Crippen LogP contribution < -0.4 is 5.32 Å². The van der Waals surface area contributed by atoms with Crippen molar-refractivity contribution in [2.24, 2.45) is 0 Å². The van der Waals surface area contributed by atoms with Gasteiger partial charge in [0, 0.05) is 24.4 Å². The van der Waals surface area contributed by atoms with Crippen LogP contribution in [0.25, 0.3) is 0 Å². The normalized spacial score (nSPS) is 19.7. The van der Waals surface area contributed by atoms with Crippen LogP contribution in [0.15, 0.2) is 18.3 Å². The van der Waals surface area contributed by atoms with Gasteiger partial charge in [-0.15, -0.1) is 0 Å². The molecule has 1 unspecified atom stereocenters. The van der Waals surface area contributed by atoms with Crippen LogP contribution >= 0.6 is 11.6 Å². The van der Waals surface area contributed by atoms with E-state index in [0.717, 1.165) is 19.4 Å². The lowest BCUT2D eigenvalue weighted by molar-refractivity contribution is 0.0853. The lowest BCUT2D eigenvalue weighted by Crippen LogP contribution is -2.32. The summed E-state index contributed by atoms with van der Waals surface area (Å²) in [5.74, 6) is -0.210. The molecule has 1 N–H and O–H groups in total. The highest BCUT2D eigenvalue weighted by atomic mass is 35.5. The fraction of sp³-hybridized carbons (Fsp3) is 0.455. The first-order valence-electron chi connectivity index (χ1n) is 5.27. The minimum absolute atomic E-state index is 0.142. The van der Waals surface area contributed by atoms with Gasteiger partial charge in [-0.2, -0.15) is 0 Å². The molecule has 0 radical (unpaired) electrons. The molecular formula is C11H13ClN2O2. The summed E-state index contributed by atoms with van der Waals surface area (Å²) in [5.41, 5.74) is 0.338. The summed E-state index contributed by atoms with van der Waals surface area (Å²) in [6, 6.07) is 3.19. The van der Waals surface area contributed by atoms with Gasteiger partial charge in [0.2, 0.25) is 0 Å². The Morgan fingerprint density at radius 3 is 3.25 bits per heavy atom. The van der Waals surface area contributed by atoms with Gasteiger partial charge >= 0.3 is 0 Å². The first kappa shape index (κ1) is 11.4. The van der Waals surface area contributed by atoms with E-state index < -0.39 is 0 Å². The van der Waals surface area contributed by atoms with Gasteiger partial charge in [0.1, 0.15) is 5.69 Å². The number of hydrogen-bond acceptors (Lipinski definition) is 3. The number of aromatic nitrogens is 1. The monoisotopic (exact) mass is 240 g/mol. The van der Waals surface area contributed by atoms with E-state index in [1.54, 1.807) is 12.1 Å². The maximum absolute atomic E-state index is 11.7. The summed E-state index contributed by atoms with van der Waals surface area (Å²) in [5, 5.41) is 3.29. The third-order valence-electron chi connectivity index (χ3n) is 2.47. The van der Waals surface area contributed by atoms with Crippen molar-refractivity contribution in [3.05, 3.63) is 29.0 Å². The predicted octanol–water partition coefficient (Wildman–Crippen LogP) is 1.64. The zero-order valence-corrected chi connectivity index (χ0v) is 9.54. The van der Waals surface area contributed by atoms with Gasteiger partial charge in [0.15, 0.2) is 0 Å². The molecule has 1 aromatic heterocycles. The van der Waals surface area contributed by atoms with Crippen molar-refractivity contribution in [1.29, 1.82) is 0 Å². The molecule has 1 aliphatic rings. The van der Waals surface area contributed by atoms with Gasteiger partial charge in [0.05, 0.1) is 6.10 Å². The van der Waals surface area contributed by atoms with Crippen LogP contribution in [-0.2, 0) is 4.74 Å². The van der Waals surface area contributed by atoms with Gasteiger partial charge in [-0.1, -0.05) is 11.6 Å². The standard InChI is InChI=1S/C11H13ClN2O2/c12-8-3-4-13-10(6-8)11(15)14-7-9-2-1-5-16-9/h3-4,6,9H,1-2,5,7H2,(H,14,15). The number of rotatable bonds is 3. The molecule has 16 heavy (non-hydrogen) atoms. The molecule has 0 saturated carbocycles. The van der Waals surface area contributed by atoms with Crippen LogP contribution in [-0.4, -0.2) is 30.1 Å². The Bertz CT molecular complexity index is 378. The number of nitrogens with one attached hydrogen (secondary N) is 1. The average molecular weight is 241 g/mol. The van der Waals surface area contributed by atoms with Crippen molar-refractivity contribution in [1.82, 2.24) is 10.3 Å². The number of nitrogens with zero attached hydrogens (tertiary/aromatic N) is 1. The second kappa shape index (κ2) is 5.27. The smallest absolute Gasteiger partial charge is 0.270 e. The highest BCUT2D eigenvalue weighted by Crippen LogP contribution is 2.11. The van der Waals surface area contributed by atoms with Crippen LogP contribution in [0.5, 0.6) is 0 Å². The van der Waals surface area contributed by atoms with E-state index in [2.05, 4.69) is 10.3 Å². The second-order valence-electron chi connectivity index (χ2n) is 3.70. The minimum atomic E-state index is -0.210. The maximum atomic E-state index is 11.7. The van der Waals surface area contributed by atoms with Crippen LogP contribution in [0.1, 0.15) is 23.3 Å². The Morgan fingerprint density at radius 2 is 2.56 bits per heavy atom. The zero-order valence-electron chi connectivity index (χ0n) is 8.78. The molecule has 0 aromatic carbocycles. The Morgan fingerprint density at radius 1 is 1.69 bits per heavy atom. The summed E-state index contributed by atoms with van der Waals surface area (Å²) in [7, 11) is 0. The molecule has 1 atom stereocenters. The lowest BCUT2D eigenvalue weighted by Gasteiger charge is -2.10. The summed E-state index contributed by atoms with van der Waals surface area (Å²) < 4.78 is 5.40. The molecule has 1 aliphatic heterocycles. The molecule has 1 aromatic rings. The lowest BCUT2D eigenvalue weighted by atomic mass is 10.2. The first-order valence-corrected chi connectivity index (χ1v) is 5.65. The van der Waals surface area contributed by atoms with Gasteiger partial charge in [-0.3, -0.25) is 9.78 Å². The molecule has 5 heteroatoms. The van der Waals surface area contributed by atoms with Gasteiger partial charge in [-0.05, 0) is 25.0 Å². The Hall–Kier alpha value is -1.13. The first-order chi connectivity index (χ1) is 7.75. The molecule has 0 spiro atoms. The largest absolute Gasteiger partial charge is 0.376 e. The third kappa shape index (κ3) is 2.93. The number of pyridine rings is 1. The highest BCUT2D eigenvalue weighted by molar-refractivity contribution is 6.30. The van der Waals surface area contributed by atoms with Gasteiger partial charge in [-0.25, -0.2) is 0 Å². The number of hydrogen-bond donors (Lipinski definition) is 1. The molecule has 1 amide bonds. The molecule has 2 heterocycles. The molecule has 4 nitrogen and oxygen atoms in total. The second-order valence-corrected chi connectivity index (χ2v) is 4.14. The number of amides is 1. The topological polar surface area (TPSA) is 51.2 Å². The predicted molar refractivity (Wildman–Crippen MR) is 60.6 cm³/mol. The van der Waals surface area contributed by atoms with Crippen molar-refractivity contribution >= 4 is 17.5 Å². The number of ether oxygens (including phenoxy) is 1. The SMILES string of the molecule is O=C(NCC1CCCO1)c1cc(Cl)ccn1. The average Bonchev–Trinajstić information content (AvgIpc) is 2.78. The van der Waals surface area contributed by atoms with Crippen LogP contribution in [0.3, 0.4) is 0 Å². The Balaban J connectivity index is 1.87. The van der Waals surface area contributed by atoms with E-state index in [1.807, 2.05) is 0 Å². The highest BCUT2D eigenvalue weighted by Gasteiger charge is 2.16. The van der Waals surface area contributed by atoms with E-state index in [9.17, 15) is 4.79 Å². The molecule has 0 aliphatic carbocycles. The Kier molecular flexibility index (Phi) is 3.74. The van der Waals surface area contributed by atoms with E-state index >= 15 is 0 Å². The zero-order chi connectivity index (χ0) is 11.4. The maximum Gasteiger partial charge on any atom is 0.270 e. The number of carbonyl (C=O) groups is 1.